The van der Waals surface area contributed by atoms with Crippen LogP contribution in [-0.4, -0.2) is 16.0 Å². The van der Waals surface area contributed by atoms with Gasteiger partial charge in [0, 0.05) is 16.8 Å². The standard InChI is InChI=1S/C17H15FN2O2/c18-9-5-6-10-12(17(22)20-14(10)7-9)8-15-16(21)11-3-1-2-4-13(11)19-15/h5-8,19,21H,1-4H2,(H,20,22). The maximum Gasteiger partial charge on any atom is 0.256 e. The van der Waals surface area contributed by atoms with Crippen LogP contribution in [0.5, 0.6) is 5.75 Å². The molecule has 0 saturated heterocycles. The summed E-state index contributed by atoms with van der Waals surface area (Å²) in [6.45, 7) is 0. The Morgan fingerprint density at radius 1 is 1.23 bits per heavy atom. The third-order valence-corrected chi connectivity index (χ3v) is 4.35. The number of amides is 1. The van der Waals surface area contributed by atoms with Crippen LogP contribution in [0, 0.1) is 5.82 Å². The highest BCUT2D eigenvalue weighted by Crippen LogP contribution is 2.37. The van der Waals surface area contributed by atoms with Gasteiger partial charge in [0.1, 0.15) is 11.6 Å². The number of aromatic hydroxyl groups is 1. The summed E-state index contributed by atoms with van der Waals surface area (Å²) >= 11 is 0. The third-order valence-electron chi connectivity index (χ3n) is 4.35. The van der Waals surface area contributed by atoms with Gasteiger partial charge in [0.05, 0.1) is 17.0 Å². The van der Waals surface area contributed by atoms with E-state index in [1.807, 2.05) is 0 Å². The van der Waals surface area contributed by atoms with Crippen LogP contribution in [0.2, 0.25) is 0 Å². The van der Waals surface area contributed by atoms with E-state index in [4.69, 9.17) is 0 Å². The van der Waals surface area contributed by atoms with Crippen LogP contribution in [0.15, 0.2) is 18.2 Å². The molecule has 0 fully saturated rings. The predicted octanol–water partition coefficient (Wildman–Crippen LogP) is 3.23. The van der Waals surface area contributed by atoms with Gasteiger partial charge in [-0.15, -0.1) is 0 Å². The van der Waals surface area contributed by atoms with Gasteiger partial charge in [-0.1, -0.05) is 0 Å². The smallest absolute Gasteiger partial charge is 0.256 e. The number of nitrogens with one attached hydrogen (secondary N) is 2. The summed E-state index contributed by atoms with van der Waals surface area (Å²) in [5, 5.41) is 13.0. The van der Waals surface area contributed by atoms with Gasteiger partial charge in [-0.05, 0) is 50.0 Å². The van der Waals surface area contributed by atoms with E-state index in [2.05, 4.69) is 10.3 Å². The molecule has 22 heavy (non-hydrogen) atoms. The molecule has 5 heteroatoms. The van der Waals surface area contributed by atoms with E-state index in [0.717, 1.165) is 36.9 Å². The molecule has 0 bridgehead atoms. The van der Waals surface area contributed by atoms with E-state index < -0.39 is 5.82 Å². The van der Waals surface area contributed by atoms with Gasteiger partial charge in [-0.3, -0.25) is 4.79 Å². The Morgan fingerprint density at radius 3 is 2.86 bits per heavy atom. The van der Waals surface area contributed by atoms with Gasteiger partial charge >= 0.3 is 0 Å². The predicted molar refractivity (Wildman–Crippen MR) is 82.0 cm³/mol. The number of halogens is 1. The minimum atomic E-state index is -0.390. The van der Waals surface area contributed by atoms with Crippen molar-refractivity contribution in [1.82, 2.24) is 4.98 Å². The summed E-state index contributed by atoms with van der Waals surface area (Å²) in [5.41, 5.74) is 4.10. The number of fused-ring (bicyclic) bond motifs is 2. The average Bonchev–Trinajstić information content (AvgIpc) is 2.98. The zero-order chi connectivity index (χ0) is 15.3. The first-order valence-electron chi connectivity index (χ1n) is 7.39. The molecule has 1 aromatic heterocycles. The minimum absolute atomic E-state index is 0.227. The Hall–Kier alpha value is -2.56. The van der Waals surface area contributed by atoms with Crippen molar-refractivity contribution in [2.24, 2.45) is 0 Å². The summed E-state index contributed by atoms with van der Waals surface area (Å²) in [6.07, 6.45) is 5.59. The monoisotopic (exact) mass is 298 g/mol. The Bertz CT molecular complexity index is 820. The molecule has 2 heterocycles. The first-order chi connectivity index (χ1) is 10.6. The van der Waals surface area contributed by atoms with Gasteiger partial charge in [0.2, 0.25) is 0 Å². The van der Waals surface area contributed by atoms with Crippen LogP contribution in [-0.2, 0) is 17.6 Å². The van der Waals surface area contributed by atoms with Crippen molar-refractivity contribution in [3.05, 3.63) is 46.5 Å². The molecule has 112 valence electrons. The summed E-state index contributed by atoms with van der Waals surface area (Å²) in [4.78, 5) is 15.3. The molecule has 1 amide bonds. The highest BCUT2D eigenvalue weighted by Gasteiger charge is 2.26. The number of aromatic nitrogens is 1. The number of hydrogen-bond acceptors (Lipinski definition) is 2. The van der Waals surface area contributed by atoms with Crippen molar-refractivity contribution < 1.29 is 14.3 Å². The lowest BCUT2D eigenvalue weighted by Gasteiger charge is -2.09. The second-order valence-electron chi connectivity index (χ2n) is 5.75. The fourth-order valence-corrected chi connectivity index (χ4v) is 3.25. The number of aromatic amines is 1. The summed E-state index contributed by atoms with van der Waals surface area (Å²) in [7, 11) is 0. The van der Waals surface area contributed by atoms with Gasteiger partial charge in [-0.25, -0.2) is 4.39 Å². The lowest BCUT2D eigenvalue weighted by Crippen LogP contribution is -2.03. The number of anilines is 1. The topological polar surface area (TPSA) is 65.1 Å². The molecular weight excluding hydrogens is 283 g/mol. The Morgan fingerprint density at radius 2 is 2.05 bits per heavy atom. The first-order valence-corrected chi connectivity index (χ1v) is 7.39. The first kappa shape index (κ1) is 13.1. The van der Waals surface area contributed by atoms with Crippen LogP contribution < -0.4 is 5.32 Å². The number of carbonyl (C=O) groups excluding carboxylic acids is 1. The summed E-state index contributed by atoms with van der Waals surface area (Å²) in [6, 6.07) is 4.20. The average molecular weight is 298 g/mol. The van der Waals surface area contributed by atoms with Crippen molar-refractivity contribution in [2.75, 3.05) is 5.32 Å². The molecule has 4 nitrogen and oxygen atoms in total. The van der Waals surface area contributed by atoms with Gasteiger partial charge < -0.3 is 15.4 Å². The quantitative estimate of drug-likeness (QED) is 0.708. The fraction of sp³-hybridized carbons (Fsp3) is 0.235. The van der Waals surface area contributed by atoms with Crippen LogP contribution in [0.1, 0.15) is 35.4 Å². The highest BCUT2D eigenvalue weighted by molar-refractivity contribution is 6.34. The maximum absolute atomic E-state index is 13.2. The van der Waals surface area contributed by atoms with E-state index in [-0.39, 0.29) is 11.7 Å². The minimum Gasteiger partial charge on any atom is -0.505 e. The van der Waals surface area contributed by atoms with Crippen LogP contribution in [0.25, 0.3) is 11.6 Å². The molecule has 4 rings (SSSR count). The summed E-state index contributed by atoms with van der Waals surface area (Å²) in [5.74, 6) is -0.448. The molecule has 3 N–H and O–H groups in total. The molecule has 0 atom stereocenters. The van der Waals surface area contributed by atoms with Crippen LogP contribution in [0.4, 0.5) is 10.1 Å². The lowest BCUT2D eigenvalue weighted by atomic mass is 9.97. The SMILES string of the molecule is O=C1Nc2cc(F)ccc2C1=Cc1[nH]c2c(c1O)CCCC2. The van der Waals surface area contributed by atoms with Gasteiger partial charge in [0.15, 0.2) is 0 Å². The number of aryl methyl sites for hydroxylation is 1. The van der Waals surface area contributed by atoms with Crippen molar-refractivity contribution in [2.45, 2.75) is 25.7 Å². The summed E-state index contributed by atoms with van der Waals surface area (Å²) < 4.78 is 13.2. The second-order valence-corrected chi connectivity index (χ2v) is 5.75. The maximum atomic E-state index is 13.2. The molecule has 1 aromatic carbocycles. The van der Waals surface area contributed by atoms with Gasteiger partial charge in [0.25, 0.3) is 5.91 Å². The van der Waals surface area contributed by atoms with E-state index in [0.29, 0.717) is 22.5 Å². The number of H-pyrrole nitrogens is 1. The van der Waals surface area contributed by atoms with E-state index >= 15 is 0 Å². The zero-order valence-electron chi connectivity index (χ0n) is 11.9. The molecular formula is C17H15FN2O2. The second kappa shape index (κ2) is 4.73. The Kier molecular flexibility index (Phi) is 2.82. The van der Waals surface area contributed by atoms with Crippen molar-refractivity contribution in [1.29, 1.82) is 0 Å². The number of hydrogen-bond donors (Lipinski definition) is 3. The molecule has 0 unspecified atom stereocenters. The Labute approximate surface area is 126 Å². The van der Waals surface area contributed by atoms with Gasteiger partial charge in [-0.2, -0.15) is 0 Å². The molecule has 2 aliphatic rings. The lowest BCUT2D eigenvalue weighted by molar-refractivity contribution is -0.110. The fourth-order valence-electron chi connectivity index (χ4n) is 3.25. The van der Waals surface area contributed by atoms with Crippen LogP contribution in [0.3, 0.4) is 0 Å². The normalized spacial score (nSPS) is 18.2. The molecule has 2 aromatic rings. The molecule has 0 spiro atoms. The highest BCUT2D eigenvalue weighted by atomic mass is 19.1. The van der Waals surface area contributed by atoms with E-state index in [9.17, 15) is 14.3 Å². The van der Waals surface area contributed by atoms with E-state index in [1.54, 1.807) is 12.1 Å². The van der Waals surface area contributed by atoms with Crippen LogP contribution >= 0.6 is 0 Å². The number of rotatable bonds is 1. The Balaban J connectivity index is 1.81. The van der Waals surface area contributed by atoms with Crippen molar-refractivity contribution >= 4 is 23.2 Å². The molecule has 0 saturated carbocycles. The molecule has 0 radical (unpaired) electrons. The third kappa shape index (κ3) is 1.93. The molecule has 1 aliphatic carbocycles. The number of carbonyl (C=O) groups is 1. The zero-order valence-corrected chi connectivity index (χ0v) is 11.9. The molecule has 1 aliphatic heterocycles. The van der Waals surface area contributed by atoms with E-state index in [1.165, 1.54) is 12.1 Å². The largest absolute Gasteiger partial charge is 0.505 e. The van der Waals surface area contributed by atoms with Crippen molar-refractivity contribution in [3.63, 3.8) is 0 Å². The van der Waals surface area contributed by atoms with Crippen molar-refractivity contribution in [3.8, 4) is 5.75 Å². The number of benzene rings is 1.